The summed E-state index contributed by atoms with van der Waals surface area (Å²) in [5.41, 5.74) is 5.27. The van der Waals surface area contributed by atoms with E-state index >= 15 is 0 Å². The van der Waals surface area contributed by atoms with Crippen LogP contribution in [0.2, 0.25) is 0 Å². The first-order valence-electron chi connectivity index (χ1n) is 5.78. The minimum absolute atomic E-state index is 0.0135. The Labute approximate surface area is 102 Å². The SMILES string of the molecule is CCC(C)(CN)NC(=O)COc1ccccc1. The maximum atomic E-state index is 11.7. The summed E-state index contributed by atoms with van der Waals surface area (Å²) in [5.74, 6) is 0.539. The highest BCUT2D eigenvalue weighted by atomic mass is 16.5. The van der Waals surface area contributed by atoms with Gasteiger partial charge in [-0.05, 0) is 25.5 Å². The second kappa shape index (κ2) is 6.25. The molecule has 0 bridgehead atoms. The van der Waals surface area contributed by atoms with Gasteiger partial charge in [-0.15, -0.1) is 0 Å². The van der Waals surface area contributed by atoms with Gasteiger partial charge in [0.25, 0.3) is 5.91 Å². The maximum Gasteiger partial charge on any atom is 0.258 e. The molecule has 4 heteroatoms. The van der Waals surface area contributed by atoms with E-state index in [0.29, 0.717) is 12.3 Å². The zero-order chi connectivity index (χ0) is 12.7. The largest absolute Gasteiger partial charge is 0.484 e. The Morgan fingerprint density at radius 2 is 2.06 bits per heavy atom. The normalized spacial score (nSPS) is 13.8. The molecule has 0 aliphatic heterocycles. The van der Waals surface area contributed by atoms with Crippen LogP contribution in [0.25, 0.3) is 0 Å². The van der Waals surface area contributed by atoms with E-state index in [4.69, 9.17) is 10.5 Å². The molecule has 0 heterocycles. The smallest absolute Gasteiger partial charge is 0.258 e. The minimum atomic E-state index is -0.350. The van der Waals surface area contributed by atoms with Crippen molar-refractivity contribution in [3.05, 3.63) is 30.3 Å². The molecule has 0 aliphatic carbocycles. The lowest BCUT2D eigenvalue weighted by molar-refractivity contribution is -0.124. The van der Waals surface area contributed by atoms with Crippen LogP contribution >= 0.6 is 0 Å². The zero-order valence-corrected chi connectivity index (χ0v) is 10.4. The highest BCUT2D eigenvalue weighted by molar-refractivity contribution is 5.78. The Morgan fingerprint density at radius 1 is 1.41 bits per heavy atom. The van der Waals surface area contributed by atoms with E-state index < -0.39 is 0 Å². The molecule has 1 atom stereocenters. The summed E-state index contributed by atoms with van der Waals surface area (Å²) >= 11 is 0. The predicted molar refractivity (Wildman–Crippen MR) is 67.8 cm³/mol. The number of para-hydroxylation sites is 1. The fraction of sp³-hybridized carbons (Fsp3) is 0.462. The van der Waals surface area contributed by atoms with Crippen molar-refractivity contribution in [2.24, 2.45) is 5.73 Å². The lowest BCUT2D eigenvalue weighted by atomic mass is 9.99. The Hall–Kier alpha value is -1.55. The molecule has 0 spiro atoms. The van der Waals surface area contributed by atoms with Gasteiger partial charge in [0, 0.05) is 12.1 Å². The Bertz CT molecular complexity index is 348. The van der Waals surface area contributed by atoms with Gasteiger partial charge in [-0.25, -0.2) is 0 Å². The third-order valence-corrected chi connectivity index (χ3v) is 2.79. The number of amides is 1. The molecule has 17 heavy (non-hydrogen) atoms. The molecule has 1 aromatic rings. The number of hydrogen-bond donors (Lipinski definition) is 2. The molecule has 3 N–H and O–H groups in total. The second-order valence-corrected chi connectivity index (χ2v) is 4.27. The fourth-order valence-corrected chi connectivity index (χ4v) is 1.32. The first-order chi connectivity index (χ1) is 8.09. The second-order valence-electron chi connectivity index (χ2n) is 4.27. The number of carbonyl (C=O) groups excluding carboxylic acids is 1. The predicted octanol–water partition coefficient (Wildman–Crippen LogP) is 1.31. The molecule has 1 unspecified atom stereocenters. The van der Waals surface area contributed by atoms with Gasteiger partial charge in [0.15, 0.2) is 6.61 Å². The average Bonchev–Trinajstić information content (AvgIpc) is 2.37. The monoisotopic (exact) mass is 236 g/mol. The first-order valence-corrected chi connectivity index (χ1v) is 5.78. The molecule has 0 saturated carbocycles. The van der Waals surface area contributed by atoms with Crippen LogP contribution < -0.4 is 15.8 Å². The van der Waals surface area contributed by atoms with Crippen LogP contribution in [0.1, 0.15) is 20.3 Å². The van der Waals surface area contributed by atoms with Crippen molar-refractivity contribution in [2.75, 3.05) is 13.2 Å². The average molecular weight is 236 g/mol. The molecular weight excluding hydrogens is 216 g/mol. The molecule has 1 amide bonds. The van der Waals surface area contributed by atoms with E-state index in [0.717, 1.165) is 6.42 Å². The standard InChI is InChI=1S/C13H20N2O2/c1-3-13(2,10-14)15-12(16)9-17-11-7-5-4-6-8-11/h4-8H,3,9-10,14H2,1-2H3,(H,15,16). The van der Waals surface area contributed by atoms with Crippen LogP contribution in [0.15, 0.2) is 30.3 Å². The van der Waals surface area contributed by atoms with Crippen molar-refractivity contribution >= 4 is 5.91 Å². The van der Waals surface area contributed by atoms with E-state index in [-0.39, 0.29) is 18.1 Å². The molecule has 0 aromatic heterocycles. The third-order valence-electron chi connectivity index (χ3n) is 2.79. The van der Waals surface area contributed by atoms with Crippen molar-refractivity contribution in [3.63, 3.8) is 0 Å². The van der Waals surface area contributed by atoms with Gasteiger partial charge in [-0.2, -0.15) is 0 Å². The molecule has 0 aliphatic rings. The number of carbonyl (C=O) groups is 1. The summed E-state index contributed by atoms with van der Waals surface area (Å²) < 4.78 is 5.35. The van der Waals surface area contributed by atoms with Crippen LogP contribution in [-0.2, 0) is 4.79 Å². The van der Waals surface area contributed by atoms with Crippen LogP contribution in [0.4, 0.5) is 0 Å². The molecule has 0 radical (unpaired) electrons. The zero-order valence-electron chi connectivity index (χ0n) is 10.4. The number of nitrogens with one attached hydrogen (secondary N) is 1. The minimum Gasteiger partial charge on any atom is -0.484 e. The van der Waals surface area contributed by atoms with Gasteiger partial charge < -0.3 is 15.8 Å². The summed E-state index contributed by atoms with van der Waals surface area (Å²) in [6.45, 7) is 4.35. The Morgan fingerprint density at radius 3 is 2.59 bits per heavy atom. The number of ether oxygens (including phenoxy) is 1. The number of nitrogens with two attached hydrogens (primary N) is 1. The van der Waals surface area contributed by atoms with Crippen LogP contribution in [0, 0.1) is 0 Å². The van der Waals surface area contributed by atoms with Gasteiger partial charge in [-0.1, -0.05) is 25.1 Å². The molecule has 94 valence electrons. The number of benzene rings is 1. The van der Waals surface area contributed by atoms with Gasteiger partial charge in [0.05, 0.1) is 0 Å². The van der Waals surface area contributed by atoms with Crippen molar-refractivity contribution in [3.8, 4) is 5.75 Å². The summed E-state index contributed by atoms with van der Waals surface area (Å²) in [7, 11) is 0. The van der Waals surface area contributed by atoms with E-state index in [1.54, 1.807) is 0 Å². The molecule has 4 nitrogen and oxygen atoms in total. The van der Waals surface area contributed by atoms with E-state index in [1.165, 1.54) is 0 Å². The van der Waals surface area contributed by atoms with E-state index in [9.17, 15) is 4.79 Å². The highest BCUT2D eigenvalue weighted by Gasteiger charge is 2.22. The van der Waals surface area contributed by atoms with Crippen LogP contribution in [-0.4, -0.2) is 24.6 Å². The van der Waals surface area contributed by atoms with Crippen LogP contribution in [0.3, 0.4) is 0 Å². The first kappa shape index (κ1) is 13.5. The summed E-state index contributed by atoms with van der Waals surface area (Å²) in [6, 6.07) is 9.26. The van der Waals surface area contributed by atoms with Gasteiger partial charge in [-0.3, -0.25) is 4.79 Å². The highest BCUT2D eigenvalue weighted by Crippen LogP contribution is 2.09. The summed E-state index contributed by atoms with van der Waals surface area (Å²) in [4.78, 5) is 11.7. The van der Waals surface area contributed by atoms with Crippen LogP contribution in [0.5, 0.6) is 5.75 Å². The van der Waals surface area contributed by atoms with Gasteiger partial charge in [0.2, 0.25) is 0 Å². The molecule has 1 rings (SSSR count). The van der Waals surface area contributed by atoms with Crippen molar-refractivity contribution in [2.45, 2.75) is 25.8 Å². The van der Waals surface area contributed by atoms with Crippen molar-refractivity contribution in [1.82, 2.24) is 5.32 Å². The van der Waals surface area contributed by atoms with Crippen molar-refractivity contribution < 1.29 is 9.53 Å². The maximum absolute atomic E-state index is 11.7. The number of hydrogen-bond acceptors (Lipinski definition) is 3. The molecule has 0 fully saturated rings. The lowest BCUT2D eigenvalue weighted by Crippen LogP contribution is -2.52. The van der Waals surface area contributed by atoms with E-state index in [2.05, 4.69) is 5.32 Å². The van der Waals surface area contributed by atoms with E-state index in [1.807, 2.05) is 44.2 Å². The van der Waals surface area contributed by atoms with Crippen molar-refractivity contribution in [1.29, 1.82) is 0 Å². The Kier molecular flexibility index (Phi) is 4.97. The van der Waals surface area contributed by atoms with Gasteiger partial charge >= 0.3 is 0 Å². The summed E-state index contributed by atoms with van der Waals surface area (Å²) in [5, 5.41) is 2.87. The topological polar surface area (TPSA) is 64.3 Å². The van der Waals surface area contributed by atoms with Gasteiger partial charge in [0.1, 0.15) is 5.75 Å². The molecular formula is C13H20N2O2. The molecule has 0 saturated heterocycles. The fourth-order valence-electron chi connectivity index (χ4n) is 1.32. The lowest BCUT2D eigenvalue weighted by Gasteiger charge is -2.27. The number of rotatable bonds is 6. The quantitative estimate of drug-likeness (QED) is 0.782. The Balaban J connectivity index is 2.40. The third kappa shape index (κ3) is 4.44. The summed E-state index contributed by atoms with van der Waals surface area (Å²) in [6.07, 6.45) is 0.792. The molecule has 1 aromatic carbocycles.